The van der Waals surface area contributed by atoms with Gasteiger partial charge in [0.1, 0.15) is 5.82 Å². The number of fused-ring (bicyclic) bond motifs is 3. The Morgan fingerprint density at radius 1 is 1.02 bits per heavy atom. The predicted octanol–water partition coefficient (Wildman–Crippen LogP) is 8.19. The normalized spacial score (nSPS) is 19.5. The summed E-state index contributed by atoms with van der Waals surface area (Å²) in [6, 6.07) is 20.7. The van der Waals surface area contributed by atoms with Gasteiger partial charge in [-0.15, -0.1) is 0 Å². The van der Waals surface area contributed by atoms with Gasteiger partial charge >= 0.3 is 5.97 Å². The molecule has 2 bridgehead atoms. The Kier molecular flexibility index (Phi) is 7.26. The Hall–Kier alpha value is -4.46. The van der Waals surface area contributed by atoms with E-state index in [1.165, 1.54) is 40.6 Å². The molecule has 0 saturated carbocycles. The van der Waals surface area contributed by atoms with E-state index in [0.29, 0.717) is 51.1 Å². The summed E-state index contributed by atoms with van der Waals surface area (Å²) in [5.41, 5.74) is 4.24. The lowest BCUT2D eigenvalue weighted by atomic mass is 9.90. The fourth-order valence-corrected chi connectivity index (χ4v) is 9.41. The van der Waals surface area contributed by atoms with E-state index in [1.807, 2.05) is 31.2 Å². The number of carbonyl (C=O) groups excluding carboxylic acids is 1. The van der Waals surface area contributed by atoms with E-state index in [0.717, 1.165) is 24.1 Å². The van der Waals surface area contributed by atoms with Gasteiger partial charge in [-0.2, -0.15) is 11.3 Å². The van der Waals surface area contributed by atoms with E-state index in [1.54, 1.807) is 35.7 Å². The molecular formula is C35H30FN3O4S2. The Balaban J connectivity index is 1.48. The van der Waals surface area contributed by atoms with Crippen molar-refractivity contribution in [3.8, 4) is 22.4 Å². The maximum Gasteiger partial charge on any atom is 0.308 e. The van der Waals surface area contributed by atoms with Gasteiger partial charge in [0.25, 0.3) is 10.0 Å². The standard InChI is InChI=1S/C35H30FN3O4S2/c1-21-7-12-28(13-8-21)45(41,42)39-31-14-9-24(36)20-30(31)32(29-15-16-44-34(29)37-2)33(39)22-5-4-6-25(17-22)38-26-10-11-27(38)19-23(18-26)35(40)43-3/h4-9,12-17,20,23,26-27H,10-11,18-19H2,1,3H3/t23?,26-,27+. The van der Waals surface area contributed by atoms with Crippen molar-refractivity contribution in [2.45, 2.75) is 49.6 Å². The van der Waals surface area contributed by atoms with E-state index in [4.69, 9.17) is 11.3 Å². The van der Waals surface area contributed by atoms with E-state index in [-0.39, 0.29) is 28.9 Å². The fourth-order valence-electron chi connectivity index (χ4n) is 7.18. The average Bonchev–Trinajstić information content (AvgIpc) is 3.72. The highest BCUT2D eigenvalue weighted by Crippen LogP contribution is 2.49. The summed E-state index contributed by atoms with van der Waals surface area (Å²) < 4.78 is 50.4. The van der Waals surface area contributed by atoms with Crippen LogP contribution in [0.1, 0.15) is 31.2 Å². The second-order valence-corrected chi connectivity index (χ2v) is 14.4. The molecule has 228 valence electrons. The van der Waals surface area contributed by atoms with Crippen LogP contribution in [-0.4, -0.2) is 37.6 Å². The monoisotopic (exact) mass is 639 g/mol. The van der Waals surface area contributed by atoms with Gasteiger partial charge in [-0.3, -0.25) is 4.79 Å². The molecule has 7 rings (SSSR count). The summed E-state index contributed by atoms with van der Waals surface area (Å²) in [5, 5.41) is 2.60. The molecule has 0 amide bonds. The second kappa shape index (κ2) is 11.2. The maximum atomic E-state index is 14.9. The molecule has 0 spiro atoms. The third-order valence-corrected chi connectivity index (χ3v) is 11.7. The van der Waals surface area contributed by atoms with Gasteiger partial charge in [0.05, 0.1) is 35.7 Å². The van der Waals surface area contributed by atoms with Crippen LogP contribution in [-0.2, 0) is 19.6 Å². The number of ether oxygens (including phenoxy) is 1. The first-order valence-corrected chi connectivity index (χ1v) is 17.1. The quantitative estimate of drug-likeness (QED) is 0.138. The van der Waals surface area contributed by atoms with Gasteiger partial charge in [0.15, 0.2) is 0 Å². The number of aryl methyl sites for hydroxylation is 1. The van der Waals surface area contributed by atoms with Crippen LogP contribution in [0.4, 0.5) is 15.1 Å². The highest BCUT2D eigenvalue weighted by Gasteiger charge is 2.43. The molecule has 1 unspecified atom stereocenters. The van der Waals surface area contributed by atoms with Crippen molar-refractivity contribution >= 4 is 48.9 Å². The number of hydrogen-bond donors (Lipinski definition) is 0. The molecule has 0 N–H and O–H groups in total. The number of rotatable bonds is 6. The summed E-state index contributed by atoms with van der Waals surface area (Å²) in [6.45, 7) is 9.73. The molecule has 0 aliphatic carbocycles. The van der Waals surface area contributed by atoms with Gasteiger partial charge in [-0.25, -0.2) is 21.6 Å². The van der Waals surface area contributed by atoms with Crippen molar-refractivity contribution in [2.75, 3.05) is 12.0 Å². The van der Waals surface area contributed by atoms with Gasteiger partial charge in [-0.05, 0) is 80.5 Å². The van der Waals surface area contributed by atoms with Gasteiger partial charge < -0.3 is 9.64 Å². The summed E-state index contributed by atoms with van der Waals surface area (Å²) in [6.07, 6.45) is 3.31. The number of hydrogen-bond acceptors (Lipinski definition) is 6. The zero-order valence-electron chi connectivity index (χ0n) is 24.7. The van der Waals surface area contributed by atoms with Gasteiger partial charge in [-0.1, -0.05) is 35.9 Å². The molecule has 45 heavy (non-hydrogen) atoms. The van der Waals surface area contributed by atoms with Crippen LogP contribution in [0.2, 0.25) is 0 Å². The molecule has 2 aromatic heterocycles. The topological polar surface area (TPSA) is 73.0 Å². The number of aromatic nitrogens is 1. The lowest BCUT2D eigenvalue weighted by molar-refractivity contribution is -0.146. The minimum atomic E-state index is -4.18. The number of piperidine rings is 1. The molecule has 2 aliphatic rings. The molecule has 3 aromatic carbocycles. The van der Waals surface area contributed by atoms with Crippen LogP contribution in [0.25, 0.3) is 38.1 Å². The van der Waals surface area contributed by atoms with E-state index < -0.39 is 15.8 Å². The SMILES string of the molecule is [C-]#[N+]c1sccc1-c1c(-c2cccc(N3[C@@H]4CC[C@H]3CC(C(=O)OC)C4)c2)n(S(=O)(=O)c2ccc(C)cc2)c2ccc(F)cc12. The number of thiophene rings is 1. The first-order chi connectivity index (χ1) is 21.7. The van der Waals surface area contributed by atoms with E-state index >= 15 is 0 Å². The number of methoxy groups -OCH3 is 1. The Morgan fingerprint density at radius 2 is 1.76 bits per heavy atom. The largest absolute Gasteiger partial charge is 0.469 e. The van der Waals surface area contributed by atoms with Crippen LogP contribution in [0.3, 0.4) is 0 Å². The molecular weight excluding hydrogens is 610 g/mol. The number of esters is 1. The van der Waals surface area contributed by atoms with Crippen molar-refractivity contribution < 1.29 is 22.3 Å². The summed E-state index contributed by atoms with van der Waals surface area (Å²) >= 11 is 1.26. The Morgan fingerprint density at radius 3 is 2.44 bits per heavy atom. The molecule has 10 heteroatoms. The number of carbonyl (C=O) groups is 1. The fraction of sp³-hybridized carbons (Fsp3) is 0.257. The van der Waals surface area contributed by atoms with Gasteiger partial charge in [0.2, 0.25) is 5.00 Å². The van der Waals surface area contributed by atoms with Crippen molar-refractivity contribution in [1.82, 2.24) is 3.97 Å². The lowest BCUT2D eigenvalue weighted by Gasteiger charge is -2.39. The highest BCUT2D eigenvalue weighted by molar-refractivity contribution is 7.90. The first-order valence-electron chi connectivity index (χ1n) is 14.8. The Bertz CT molecular complexity index is 2100. The lowest BCUT2D eigenvalue weighted by Crippen LogP contribution is -2.45. The number of halogens is 1. The summed E-state index contributed by atoms with van der Waals surface area (Å²) in [4.78, 5) is 18.6. The first kappa shape index (κ1) is 29.3. The predicted molar refractivity (Wildman–Crippen MR) is 175 cm³/mol. The zero-order chi connectivity index (χ0) is 31.5. The minimum Gasteiger partial charge on any atom is -0.469 e. The molecule has 2 aliphatic heterocycles. The second-order valence-electron chi connectivity index (χ2n) is 11.8. The smallest absolute Gasteiger partial charge is 0.308 e. The van der Waals surface area contributed by atoms with Crippen molar-refractivity contribution in [2.24, 2.45) is 5.92 Å². The van der Waals surface area contributed by atoms with Crippen LogP contribution in [0.5, 0.6) is 0 Å². The summed E-state index contributed by atoms with van der Waals surface area (Å²) in [7, 11) is -2.74. The third-order valence-electron chi connectivity index (χ3n) is 9.15. The van der Waals surface area contributed by atoms with Crippen molar-refractivity contribution in [3.05, 3.63) is 101 Å². The summed E-state index contributed by atoms with van der Waals surface area (Å²) in [5.74, 6) is -0.811. The molecule has 7 nitrogen and oxygen atoms in total. The highest BCUT2D eigenvalue weighted by atomic mass is 32.2. The molecule has 2 saturated heterocycles. The minimum absolute atomic E-state index is 0.108. The molecule has 2 fully saturated rings. The average molecular weight is 640 g/mol. The zero-order valence-corrected chi connectivity index (χ0v) is 26.4. The molecule has 0 radical (unpaired) electrons. The number of nitrogens with zero attached hydrogens (tertiary/aromatic N) is 3. The van der Waals surface area contributed by atoms with Crippen LogP contribution in [0, 0.1) is 25.2 Å². The molecule has 4 heterocycles. The Labute approximate surface area is 265 Å². The molecule has 3 atom stereocenters. The van der Waals surface area contributed by atoms with E-state index in [2.05, 4.69) is 9.74 Å². The van der Waals surface area contributed by atoms with Crippen LogP contribution < -0.4 is 4.90 Å². The third kappa shape index (κ3) is 4.82. The maximum absolute atomic E-state index is 14.9. The number of anilines is 1. The molecule has 5 aromatic rings. The van der Waals surface area contributed by atoms with E-state index in [9.17, 15) is 17.6 Å². The van der Waals surface area contributed by atoms with Gasteiger partial charge in [0, 0.05) is 39.8 Å². The van der Waals surface area contributed by atoms with Crippen LogP contribution >= 0.6 is 11.3 Å². The van der Waals surface area contributed by atoms with Crippen molar-refractivity contribution in [3.63, 3.8) is 0 Å². The number of benzene rings is 3. The van der Waals surface area contributed by atoms with Crippen molar-refractivity contribution in [1.29, 1.82) is 0 Å². The van der Waals surface area contributed by atoms with Crippen LogP contribution in [0.15, 0.2) is 83.1 Å².